The van der Waals surface area contributed by atoms with Crippen molar-refractivity contribution < 1.29 is 24.1 Å². The van der Waals surface area contributed by atoms with Crippen molar-refractivity contribution in [3.8, 4) is 35.3 Å². The molecule has 3 rings (SSSR count). The molecule has 0 aliphatic rings. The van der Waals surface area contributed by atoms with Gasteiger partial charge in [-0.05, 0) is 48.9 Å². The molecule has 1 aromatic heterocycles. The number of hydrogen-bond acceptors (Lipinski definition) is 7. The van der Waals surface area contributed by atoms with Crippen LogP contribution in [-0.4, -0.2) is 56.7 Å². The zero-order chi connectivity index (χ0) is 23.6. The van der Waals surface area contributed by atoms with Crippen LogP contribution in [0.5, 0.6) is 23.0 Å². The van der Waals surface area contributed by atoms with E-state index in [2.05, 4.69) is 16.2 Å². The maximum Gasteiger partial charge on any atom is 0.248 e. The lowest BCUT2D eigenvalue weighted by molar-refractivity contribution is 0.107. The van der Waals surface area contributed by atoms with Crippen molar-refractivity contribution in [2.24, 2.45) is 0 Å². The fourth-order valence-corrected chi connectivity index (χ4v) is 3.35. The third-order valence-electron chi connectivity index (χ3n) is 4.98. The molecule has 174 valence electrons. The number of methoxy groups -OCH3 is 2. The number of aromatic amines is 1. The summed E-state index contributed by atoms with van der Waals surface area (Å²) in [4.78, 5) is 14.5. The Hall–Kier alpha value is -3.67. The Balaban J connectivity index is 1.52. The van der Waals surface area contributed by atoms with Crippen LogP contribution in [0.4, 0.5) is 0 Å². The average Bonchev–Trinajstić information content (AvgIpc) is 2.84. The number of terminal acetylenes is 1. The summed E-state index contributed by atoms with van der Waals surface area (Å²) in [7, 11) is 3.21. The number of aromatic nitrogens is 1. The number of aliphatic hydroxyl groups excluding tert-OH is 1. The van der Waals surface area contributed by atoms with E-state index in [4.69, 9.17) is 25.4 Å². The highest BCUT2D eigenvalue weighted by Gasteiger charge is 2.12. The van der Waals surface area contributed by atoms with Crippen LogP contribution < -0.4 is 29.8 Å². The summed E-state index contributed by atoms with van der Waals surface area (Å²) in [5.74, 6) is 4.76. The van der Waals surface area contributed by atoms with Gasteiger partial charge >= 0.3 is 0 Å². The van der Waals surface area contributed by atoms with E-state index in [1.807, 2.05) is 18.2 Å². The van der Waals surface area contributed by atoms with E-state index in [0.29, 0.717) is 47.0 Å². The Morgan fingerprint density at radius 3 is 2.55 bits per heavy atom. The Morgan fingerprint density at radius 1 is 1.03 bits per heavy atom. The summed E-state index contributed by atoms with van der Waals surface area (Å²) in [5.41, 5.74) is 1.33. The first-order valence-corrected chi connectivity index (χ1v) is 10.5. The minimum atomic E-state index is -0.717. The summed E-state index contributed by atoms with van der Waals surface area (Å²) < 4.78 is 21.9. The largest absolute Gasteiger partial charge is 0.493 e. The quantitative estimate of drug-likeness (QED) is 0.286. The molecule has 8 heteroatoms. The number of H-pyrrole nitrogens is 1. The number of pyridine rings is 1. The Kier molecular flexibility index (Phi) is 8.58. The molecule has 0 spiro atoms. The molecule has 1 atom stereocenters. The van der Waals surface area contributed by atoms with Crippen LogP contribution in [-0.2, 0) is 6.42 Å². The molecule has 0 radical (unpaired) electrons. The molecule has 0 aliphatic carbocycles. The van der Waals surface area contributed by atoms with Gasteiger partial charge in [-0.2, -0.15) is 0 Å². The summed E-state index contributed by atoms with van der Waals surface area (Å²) in [6.45, 7) is 1.21. The van der Waals surface area contributed by atoms with E-state index in [9.17, 15) is 9.90 Å². The number of fused-ring (bicyclic) bond motifs is 1. The highest BCUT2D eigenvalue weighted by Crippen LogP contribution is 2.31. The standard InChI is InChI=1S/C25H28N2O6/c1-4-13-32-22-9-8-20(19-6-10-24(29)27-25(19)22)33-16-18(28)15-26-12-11-17-5-7-21(30-2)23(14-17)31-3/h1,5-10,14,18,26,28H,11-13,15-16H2,2-3H3,(H,27,29). The first-order chi connectivity index (χ1) is 16.0. The van der Waals surface area contributed by atoms with Crippen molar-refractivity contribution in [2.45, 2.75) is 12.5 Å². The van der Waals surface area contributed by atoms with Crippen molar-refractivity contribution in [3.05, 3.63) is 58.4 Å². The number of hydrogen-bond donors (Lipinski definition) is 3. The van der Waals surface area contributed by atoms with E-state index in [1.165, 1.54) is 6.07 Å². The molecule has 3 aromatic rings. The predicted molar refractivity (Wildman–Crippen MR) is 127 cm³/mol. The lowest BCUT2D eigenvalue weighted by atomic mass is 10.1. The molecule has 0 fully saturated rings. The average molecular weight is 453 g/mol. The van der Waals surface area contributed by atoms with E-state index < -0.39 is 6.10 Å². The number of benzene rings is 2. The Labute approximate surface area is 192 Å². The van der Waals surface area contributed by atoms with Gasteiger partial charge in [-0.3, -0.25) is 4.79 Å². The Morgan fingerprint density at radius 2 is 1.79 bits per heavy atom. The van der Waals surface area contributed by atoms with Crippen molar-refractivity contribution >= 4 is 10.9 Å². The van der Waals surface area contributed by atoms with E-state index >= 15 is 0 Å². The molecule has 0 bridgehead atoms. The van der Waals surface area contributed by atoms with Crippen LogP contribution >= 0.6 is 0 Å². The zero-order valence-electron chi connectivity index (χ0n) is 18.7. The highest BCUT2D eigenvalue weighted by atomic mass is 16.5. The molecule has 0 amide bonds. The van der Waals surface area contributed by atoms with Crippen molar-refractivity contribution in [3.63, 3.8) is 0 Å². The maximum absolute atomic E-state index is 11.8. The first kappa shape index (κ1) is 24.0. The number of aliphatic hydroxyl groups is 1. The molecule has 0 aliphatic heterocycles. The molecule has 8 nitrogen and oxygen atoms in total. The highest BCUT2D eigenvalue weighted by molar-refractivity contribution is 5.89. The smallest absolute Gasteiger partial charge is 0.248 e. The second-order valence-electron chi connectivity index (χ2n) is 7.27. The second kappa shape index (κ2) is 11.8. The topological polar surface area (TPSA) is 102 Å². The Bertz CT molecular complexity index is 1170. The molecule has 2 aromatic carbocycles. The predicted octanol–water partition coefficient (Wildman–Crippen LogP) is 2.13. The van der Waals surface area contributed by atoms with Crippen molar-refractivity contribution in [2.75, 3.05) is 40.5 Å². The monoisotopic (exact) mass is 452 g/mol. The number of nitrogens with one attached hydrogen (secondary N) is 2. The minimum absolute atomic E-state index is 0.0833. The summed E-state index contributed by atoms with van der Waals surface area (Å²) in [6, 6.07) is 12.3. The molecular formula is C25H28N2O6. The fraction of sp³-hybridized carbons (Fsp3) is 0.320. The maximum atomic E-state index is 11.8. The molecule has 33 heavy (non-hydrogen) atoms. The van der Waals surface area contributed by atoms with Gasteiger partial charge in [0.2, 0.25) is 5.56 Å². The van der Waals surface area contributed by atoms with E-state index in [0.717, 1.165) is 12.0 Å². The van der Waals surface area contributed by atoms with Crippen LogP contribution in [0.2, 0.25) is 0 Å². The van der Waals surface area contributed by atoms with Gasteiger partial charge in [-0.25, -0.2) is 0 Å². The molecule has 0 saturated heterocycles. The first-order valence-electron chi connectivity index (χ1n) is 10.5. The van der Waals surface area contributed by atoms with Gasteiger partial charge in [0.05, 0.1) is 19.7 Å². The van der Waals surface area contributed by atoms with Gasteiger partial charge in [-0.1, -0.05) is 12.0 Å². The van der Waals surface area contributed by atoms with Gasteiger partial charge in [0.1, 0.15) is 30.8 Å². The summed E-state index contributed by atoms with van der Waals surface area (Å²) >= 11 is 0. The molecule has 3 N–H and O–H groups in total. The van der Waals surface area contributed by atoms with Gasteiger partial charge in [0.15, 0.2) is 11.5 Å². The molecule has 1 unspecified atom stereocenters. The lowest BCUT2D eigenvalue weighted by Gasteiger charge is -2.16. The van der Waals surface area contributed by atoms with Gasteiger partial charge in [0, 0.05) is 18.0 Å². The molecular weight excluding hydrogens is 424 g/mol. The molecule has 1 heterocycles. The van der Waals surface area contributed by atoms with Crippen LogP contribution in [0.15, 0.2) is 47.3 Å². The van der Waals surface area contributed by atoms with Crippen LogP contribution in [0.1, 0.15) is 5.56 Å². The van der Waals surface area contributed by atoms with E-state index in [-0.39, 0.29) is 18.8 Å². The SMILES string of the molecule is C#CCOc1ccc(OCC(O)CNCCc2ccc(OC)c(OC)c2)c2ccc(=O)[nH]c12. The second-order valence-corrected chi connectivity index (χ2v) is 7.27. The van der Waals surface area contributed by atoms with Gasteiger partial charge in [-0.15, -0.1) is 6.42 Å². The number of ether oxygens (including phenoxy) is 4. The third-order valence-corrected chi connectivity index (χ3v) is 4.98. The van der Waals surface area contributed by atoms with E-state index in [1.54, 1.807) is 32.4 Å². The lowest BCUT2D eigenvalue weighted by Crippen LogP contribution is -2.32. The third kappa shape index (κ3) is 6.42. The molecule has 0 saturated carbocycles. The summed E-state index contributed by atoms with van der Waals surface area (Å²) in [6.07, 6.45) is 5.30. The van der Waals surface area contributed by atoms with Gasteiger partial charge in [0.25, 0.3) is 0 Å². The minimum Gasteiger partial charge on any atom is -0.493 e. The van der Waals surface area contributed by atoms with Crippen molar-refractivity contribution in [1.29, 1.82) is 0 Å². The van der Waals surface area contributed by atoms with Crippen LogP contribution in [0.3, 0.4) is 0 Å². The zero-order valence-corrected chi connectivity index (χ0v) is 18.7. The van der Waals surface area contributed by atoms with Crippen LogP contribution in [0, 0.1) is 12.3 Å². The van der Waals surface area contributed by atoms with Crippen LogP contribution in [0.25, 0.3) is 10.9 Å². The van der Waals surface area contributed by atoms with Gasteiger partial charge < -0.3 is 34.4 Å². The normalized spacial score (nSPS) is 11.6. The summed E-state index contributed by atoms with van der Waals surface area (Å²) in [5, 5.41) is 14.2. The number of rotatable bonds is 12. The van der Waals surface area contributed by atoms with Crippen molar-refractivity contribution in [1.82, 2.24) is 10.3 Å². The fourth-order valence-electron chi connectivity index (χ4n) is 3.35.